The zero-order valence-electron chi connectivity index (χ0n) is 9.59. The summed E-state index contributed by atoms with van der Waals surface area (Å²) in [5.41, 5.74) is 1.06. The van der Waals surface area contributed by atoms with Gasteiger partial charge in [0.1, 0.15) is 5.69 Å². The van der Waals surface area contributed by atoms with Crippen molar-refractivity contribution in [3.63, 3.8) is 0 Å². The highest BCUT2D eigenvalue weighted by Crippen LogP contribution is 2.40. The van der Waals surface area contributed by atoms with Gasteiger partial charge in [-0.15, -0.1) is 0 Å². The van der Waals surface area contributed by atoms with Crippen LogP contribution < -0.4 is 4.74 Å². The van der Waals surface area contributed by atoms with Gasteiger partial charge in [0.2, 0.25) is 5.88 Å². The largest absolute Gasteiger partial charge is 0.480 e. The molecule has 0 aliphatic carbocycles. The Morgan fingerprint density at radius 3 is 2.62 bits per heavy atom. The van der Waals surface area contributed by atoms with Crippen molar-refractivity contribution < 1.29 is 4.74 Å². The Labute approximate surface area is 95.7 Å². The molecule has 1 unspecified atom stereocenters. The van der Waals surface area contributed by atoms with E-state index in [1.54, 1.807) is 19.5 Å². The van der Waals surface area contributed by atoms with E-state index in [2.05, 4.69) is 14.9 Å². The minimum absolute atomic E-state index is 0.520. The molecule has 0 amide bonds. The van der Waals surface area contributed by atoms with Gasteiger partial charge in [-0.1, -0.05) is 0 Å². The summed E-state index contributed by atoms with van der Waals surface area (Å²) in [5.74, 6) is 2.00. The normalized spacial score (nSPS) is 32.7. The molecule has 1 atom stereocenters. The number of aromatic nitrogens is 2. The molecule has 1 aromatic heterocycles. The fraction of sp³-hybridized carbons (Fsp3) is 0.667. The average Bonchev–Trinajstić information content (AvgIpc) is 2.40. The monoisotopic (exact) mass is 219 g/mol. The van der Waals surface area contributed by atoms with Gasteiger partial charge in [-0.3, -0.25) is 4.98 Å². The lowest BCUT2D eigenvalue weighted by Gasteiger charge is -2.44. The van der Waals surface area contributed by atoms with Gasteiger partial charge in [-0.2, -0.15) is 0 Å². The average molecular weight is 219 g/mol. The van der Waals surface area contributed by atoms with Crippen molar-refractivity contribution >= 4 is 0 Å². The van der Waals surface area contributed by atoms with Gasteiger partial charge in [0.15, 0.2) is 0 Å². The third kappa shape index (κ3) is 1.57. The maximum Gasteiger partial charge on any atom is 0.235 e. The third-order valence-corrected chi connectivity index (χ3v) is 3.89. The predicted octanol–water partition coefficient (Wildman–Crippen LogP) is 1.29. The lowest BCUT2D eigenvalue weighted by molar-refractivity contribution is 0.0839. The van der Waals surface area contributed by atoms with E-state index in [4.69, 9.17) is 4.74 Å². The minimum atomic E-state index is 0.520. The van der Waals surface area contributed by atoms with Crippen LogP contribution in [-0.2, 0) is 0 Å². The quantitative estimate of drug-likeness (QED) is 0.751. The molecule has 0 N–H and O–H groups in total. The Bertz CT molecular complexity index is 374. The van der Waals surface area contributed by atoms with Crippen LogP contribution in [0.1, 0.15) is 24.5 Å². The van der Waals surface area contributed by atoms with Crippen molar-refractivity contribution in [2.75, 3.05) is 26.7 Å². The second-order valence-electron chi connectivity index (χ2n) is 4.70. The summed E-state index contributed by atoms with van der Waals surface area (Å²) in [6.07, 6.45) is 6.06. The number of ether oxygens (including phenoxy) is 1. The van der Waals surface area contributed by atoms with Crippen LogP contribution >= 0.6 is 0 Å². The maximum absolute atomic E-state index is 5.31. The number of fused-ring (bicyclic) bond motifs is 3. The lowest BCUT2D eigenvalue weighted by atomic mass is 9.77. The van der Waals surface area contributed by atoms with Crippen molar-refractivity contribution in [3.8, 4) is 5.88 Å². The number of methoxy groups -OCH3 is 1. The molecule has 0 spiro atoms. The van der Waals surface area contributed by atoms with Crippen molar-refractivity contribution in [1.82, 2.24) is 14.9 Å². The Morgan fingerprint density at radius 2 is 2.00 bits per heavy atom. The van der Waals surface area contributed by atoms with Crippen molar-refractivity contribution in [2.45, 2.75) is 18.8 Å². The van der Waals surface area contributed by atoms with Gasteiger partial charge in [0.25, 0.3) is 0 Å². The van der Waals surface area contributed by atoms with Crippen molar-refractivity contribution in [2.24, 2.45) is 5.92 Å². The third-order valence-electron chi connectivity index (χ3n) is 3.89. The number of rotatable bonds is 2. The highest BCUT2D eigenvalue weighted by molar-refractivity contribution is 5.24. The Hall–Kier alpha value is -1.16. The van der Waals surface area contributed by atoms with E-state index in [9.17, 15) is 0 Å². The molecule has 3 fully saturated rings. The van der Waals surface area contributed by atoms with E-state index >= 15 is 0 Å². The first-order chi connectivity index (χ1) is 7.88. The molecular formula is C12H17N3O. The SMILES string of the molecule is COc1nccnc1C1CN2CCC1CC2. The first-order valence-corrected chi connectivity index (χ1v) is 5.95. The van der Waals surface area contributed by atoms with Crippen molar-refractivity contribution in [1.29, 1.82) is 0 Å². The summed E-state index contributed by atoms with van der Waals surface area (Å²) >= 11 is 0. The molecule has 3 aliphatic heterocycles. The van der Waals surface area contributed by atoms with Gasteiger partial charge in [0, 0.05) is 24.9 Å². The zero-order valence-corrected chi connectivity index (χ0v) is 9.59. The molecular weight excluding hydrogens is 202 g/mol. The number of hydrogen-bond acceptors (Lipinski definition) is 4. The molecule has 0 radical (unpaired) electrons. The number of nitrogens with zero attached hydrogens (tertiary/aromatic N) is 3. The smallest absolute Gasteiger partial charge is 0.235 e. The second-order valence-corrected chi connectivity index (χ2v) is 4.70. The molecule has 1 aromatic rings. The molecule has 0 aromatic carbocycles. The maximum atomic E-state index is 5.31. The summed E-state index contributed by atoms with van der Waals surface area (Å²) in [4.78, 5) is 11.3. The molecule has 4 nitrogen and oxygen atoms in total. The summed E-state index contributed by atoms with van der Waals surface area (Å²) in [7, 11) is 1.68. The van der Waals surface area contributed by atoms with Crippen LogP contribution in [0, 0.1) is 5.92 Å². The minimum Gasteiger partial charge on any atom is -0.480 e. The van der Waals surface area contributed by atoms with Crippen molar-refractivity contribution in [3.05, 3.63) is 18.1 Å². The topological polar surface area (TPSA) is 38.3 Å². The number of hydrogen-bond donors (Lipinski definition) is 0. The van der Waals surface area contributed by atoms with Crippen LogP contribution in [0.4, 0.5) is 0 Å². The second kappa shape index (κ2) is 4.01. The van der Waals surface area contributed by atoms with Crippen LogP contribution in [0.3, 0.4) is 0 Å². The summed E-state index contributed by atoms with van der Waals surface area (Å²) in [6.45, 7) is 3.63. The first-order valence-electron chi connectivity index (χ1n) is 5.95. The van der Waals surface area contributed by atoms with Crippen LogP contribution in [0.15, 0.2) is 12.4 Å². The van der Waals surface area contributed by atoms with Crippen LogP contribution in [0.5, 0.6) is 5.88 Å². The van der Waals surface area contributed by atoms with Gasteiger partial charge in [-0.05, 0) is 31.8 Å². The number of piperidine rings is 3. The highest BCUT2D eigenvalue weighted by atomic mass is 16.5. The molecule has 4 heteroatoms. The zero-order chi connectivity index (χ0) is 11.0. The van der Waals surface area contributed by atoms with Gasteiger partial charge < -0.3 is 9.64 Å². The molecule has 3 saturated heterocycles. The summed E-state index contributed by atoms with van der Waals surface area (Å²) in [5, 5.41) is 0. The van der Waals surface area contributed by atoms with Gasteiger partial charge >= 0.3 is 0 Å². The van der Waals surface area contributed by atoms with Crippen LogP contribution in [-0.4, -0.2) is 41.6 Å². The molecule has 2 bridgehead atoms. The van der Waals surface area contributed by atoms with E-state index in [-0.39, 0.29) is 0 Å². The fourth-order valence-electron chi connectivity index (χ4n) is 3.02. The summed E-state index contributed by atoms with van der Waals surface area (Å²) < 4.78 is 5.31. The van der Waals surface area contributed by atoms with E-state index in [0.717, 1.165) is 18.2 Å². The molecule has 3 aliphatic rings. The Morgan fingerprint density at radius 1 is 1.25 bits per heavy atom. The Balaban J connectivity index is 1.91. The molecule has 0 saturated carbocycles. The standard InChI is InChI=1S/C12H17N3O/c1-16-12-11(13-4-5-14-12)10-8-15-6-2-9(10)3-7-15/h4-5,9-10H,2-3,6-8H2,1H3. The van der Waals surface area contributed by atoms with Crippen LogP contribution in [0.25, 0.3) is 0 Å². The van der Waals surface area contributed by atoms with E-state index in [1.807, 2.05) is 0 Å². The lowest BCUT2D eigenvalue weighted by Crippen LogP contribution is -2.46. The molecule has 86 valence electrons. The van der Waals surface area contributed by atoms with Gasteiger partial charge in [0.05, 0.1) is 7.11 Å². The van der Waals surface area contributed by atoms with Crippen LogP contribution in [0.2, 0.25) is 0 Å². The molecule has 4 heterocycles. The molecule has 4 rings (SSSR count). The Kier molecular flexibility index (Phi) is 2.52. The first kappa shape index (κ1) is 10.0. The molecule has 16 heavy (non-hydrogen) atoms. The summed E-state index contributed by atoms with van der Waals surface area (Å²) in [6, 6.07) is 0. The predicted molar refractivity (Wildman–Crippen MR) is 60.5 cm³/mol. The van der Waals surface area contributed by atoms with E-state index in [1.165, 1.54) is 25.9 Å². The van der Waals surface area contributed by atoms with Gasteiger partial charge in [-0.25, -0.2) is 4.98 Å². The van der Waals surface area contributed by atoms with E-state index in [0.29, 0.717) is 11.8 Å². The fourth-order valence-corrected chi connectivity index (χ4v) is 3.02. The highest BCUT2D eigenvalue weighted by Gasteiger charge is 2.37. The van der Waals surface area contributed by atoms with E-state index < -0.39 is 0 Å².